The normalized spacial score (nSPS) is 11.4. The van der Waals surface area contributed by atoms with E-state index in [1.165, 1.54) is 24.3 Å². The molecule has 1 amide bonds. The molecule has 0 radical (unpaired) electrons. The molecule has 2 aromatic carbocycles. The Morgan fingerprint density at radius 2 is 1.84 bits per heavy atom. The molecular weight excluding hydrogens is 373 g/mol. The molecule has 0 aliphatic heterocycles. The monoisotopic (exact) mass is 384 g/mol. The van der Waals surface area contributed by atoms with E-state index in [-0.39, 0.29) is 10.8 Å². The van der Waals surface area contributed by atoms with Crippen LogP contribution in [-0.2, 0) is 11.0 Å². The molecule has 0 saturated heterocycles. The number of carbonyl (C=O) groups is 1. The van der Waals surface area contributed by atoms with E-state index < -0.39 is 17.6 Å². The number of anilines is 1. The van der Waals surface area contributed by atoms with Crippen LogP contribution in [0.5, 0.6) is 0 Å². The summed E-state index contributed by atoms with van der Waals surface area (Å²) in [6.45, 7) is 0. The van der Waals surface area contributed by atoms with Crippen LogP contribution in [-0.4, -0.2) is 11.0 Å². The van der Waals surface area contributed by atoms with E-state index in [1.807, 2.05) is 0 Å². The van der Waals surface area contributed by atoms with E-state index >= 15 is 0 Å². The summed E-state index contributed by atoms with van der Waals surface area (Å²) >= 11 is 10.9. The lowest BCUT2D eigenvalue weighted by Crippen LogP contribution is -2.32. The maximum Gasteiger partial charge on any atom is 0.416 e. The minimum atomic E-state index is -4.46. The number of hydrogen-bond donors (Lipinski definition) is 2. The third-order valence-corrected chi connectivity index (χ3v) is 3.55. The van der Waals surface area contributed by atoms with Gasteiger partial charge < -0.3 is 5.32 Å². The Morgan fingerprint density at radius 3 is 2.52 bits per heavy atom. The molecule has 25 heavy (non-hydrogen) atoms. The van der Waals surface area contributed by atoms with Gasteiger partial charge in [-0.25, -0.2) is 0 Å². The lowest BCUT2D eigenvalue weighted by atomic mass is 10.2. The minimum absolute atomic E-state index is 0.117. The molecule has 130 valence electrons. The topological polar surface area (TPSA) is 41.1 Å². The Balaban J connectivity index is 1.96. The first-order valence-electron chi connectivity index (χ1n) is 6.97. The van der Waals surface area contributed by atoms with Crippen LogP contribution in [0.25, 0.3) is 6.08 Å². The van der Waals surface area contributed by atoms with Gasteiger partial charge in [0.05, 0.1) is 5.56 Å². The molecule has 0 atom stereocenters. The van der Waals surface area contributed by atoms with Crippen molar-refractivity contribution in [2.24, 2.45) is 0 Å². The maximum absolute atomic E-state index is 12.7. The highest BCUT2D eigenvalue weighted by Gasteiger charge is 2.30. The molecule has 0 bridgehead atoms. The second kappa shape index (κ2) is 8.13. The van der Waals surface area contributed by atoms with Gasteiger partial charge in [0.1, 0.15) is 0 Å². The molecule has 3 nitrogen and oxygen atoms in total. The molecule has 0 aromatic heterocycles. The summed E-state index contributed by atoms with van der Waals surface area (Å²) in [5, 5.41) is 5.25. The van der Waals surface area contributed by atoms with Crippen LogP contribution >= 0.6 is 23.8 Å². The number of amides is 1. The number of rotatable bonds is 3. The van der Waals surface area contributed by atoms with Crippen LogP contribution in [0, 0.1) is 0 Å². The molecule has 8 heteroatoms. The Labute approximate surface area is 152 Å². The fourth-order valence-corrected chi connectivity index (χ4v) is 2.28. The van der Waals surface area contributed by atoms with Gasteiger partial charge in [0.25, 0.3) is 0 Å². The molecule has 0 fully saturated rings. The zero-order valence-corrected chi connectivity index (χ0v) is 14.2. The van der Waals surface area contributed by atoms with Crippen molar-refractivity contribution >= 4 is 46.6 Å². The minimum Gasteiger partial charge on any atom is -0.332 e. The van der Waals surface area contributed by atoms with Gasteiger partial charge >= 0.3 is 6.18 Å². The fraction of sp³-hybridized carbons (Fsp3) is 0.0588. The highest BCUT2D eigenvalue weighted by molar-refractivity contribution is 7.80. The van der Waals surface area contributed by atoms with Crippen molar-refractivity contribution in [3.05, 3.63) is 70.8 Å². The van der Waals surface area contributed by atoms with Crippen LogP contribution in [0.4, 0.5) is 18.9 Å². The highest BCUT2D eigenvalue weighted by Crippen LogP contribution is 2.30. The van der Waals surface area contributed by atoms with E-state index in [0.717, 1.165) is 12.1 Å². The SMILES string of the molecule is O=C(/C=C/c1ccccc1Cl)NC(=S)Nc1cccc(C(F)(F)F)c1. The van der Waals surface area contributed by atoms with Gasteiger partial charge in [0.15, 0.2) is 5.11 Å². The van der Waals surface area contributed by atoms with Gasteiger partial charge in [-0.2, -0.15) is 13.2 Å². The summed E-state index contributed by atoms with van der Waals surface area (Å²) in [7, 11) is 0. The summed E-state index contributed by atoms with van der Waals surface area (Å²) in [5.74, 6) is -0.538. The smallest absolute Gasteiger partial charge is 0.332 e. The van der Waals surface area contributed by atoms with Gasteiger partial charge in [0.2, 0.25) is 5.91 Å². The van der Waals surface area contributed by atoms with Gasteiger partial charge in [0, 0.05) is 16.8 Å². The van der Waals surface area contributed by atoms with Crippen LogP contribution in [0.2, 0.25) is 5.02 Å². The van der Waals surface area contributed by atoms with Crippen molar-refractivity contribution in [3.8, 4) is 0 Å². The number of hydrogen-bond acceptors (Lipinski definition) is 2. The van der Waals surface area contributed by atoms with E-state index in [0.29, 0.717) is 10.6 Å². The summed E-state index contributed by atoms with van der Waals surface area (Å²) < 4.78 is 38.0. The van der Waals surface area contributed by atoms with Gasteiger partial charge in [-0.3, -0.25) is 10.1 Å². The third kappa shape index (κ3) is 5.88. The molecule has 2 N–H and O–H groups in total. The number of nitrogens with one attached hydrogen (secondary N) is 2. The Hall–Kier alpha value is -2.38. The van der Waals surface area contributed by atoms with Crippen molar-refractivity contribution in [1.29, 1.82) is 0 Å². The second-order valence-corrected chi connectivity index (χ2v) is 5.69. The Kier molecular flexibility index (Phi) is 6.17. The molecule has 0 aliphatic rings. The van der Waals surface area contributed by atoms with Crippen molar-refractivity contribution < 1.29 is 18.0 Å². The van der Waals surface area contributed by atoms with Crippen molar-refractivity contribution in [3.63, 3.8) is 0 Å². The van der Waals surface area contributed by atoms with E-state index in [9.17, 15) is 18.0 Å². The maximum atomic E-state index is 12.7. The predicted octanol–water partition coefficient (Wildman–Crippen LogP) is 4.89. The van der Waals surface area contributed by atoms with Crippen molar-refractivity contribution in [2.45, 2.75) is 6.18 Å². The molecule has 0 saturated carbocycles. The van der Waals surface area contributed by atoms with Crippen molar-refractivity contribution in [1.82, 2.24) is 5.32 Å². The number of alkyl halides is 3. The van der Waals surface area contributed by atoms with Crippen LogP contribution in [0.1, 0.15) is 11.1 Å². The third-order valence-electron chi connectivity index (χ3n) is 3.00. The molecule has 0 heterocycles. The molecule has 0 spiro atoms. The van der Waals surface area contributed by atoms with Crippen LogP contribution in [0.3, 0.4) is 0 Å². The number of carbonyl (C=O) groups excluding carboxylic acids is 1. The van der Waals surface area contributed by atoms with E-state index in [1.54, 1.807) is 24.3 Å². The Bertz CT molecular complexity index is 822. The zero-order chi connectivity index (χ0) is 18.4. The molecule has 0 unspecified atom stereocenters. The average Bonchev–Trinajstić information content (AvgIpc) is 2.53. The molecule has 0 aliphatic carbocycles. The van der Waals surface area contributed by atoms with E-state index in [4.69, 9.17) is 23.8 Å². The van der Waals surface area contributed by atoms with Gasteiger partial charge in [-0.1, -0.05) is 35.9 Å². The summed E-state index contributed by atoms with van der Waals surface area (Å²) in [4.78, 5) is 11.8. The molecular formula is C17H12ClF3N2OS. The van der Waals surface area contributed by atoms with E-state index in [2.05, 4.69) is 10.6 Å². The Morgan fingerprint density at radius 1 is 1.12 bits per heavy atom. The molecule has 2 rings (SSSR count). The van der Waals surface area contributed by atoms with Gasteiger partial charge in [-0.05, 0) is 48.1 Å². The predicted molar refractivity (Wildman–Crippen MR) is 96.3 cm³/mol. The highest BCUT2D eigenvalue weighted by atomic mass is 35.5. The average molecular weight is 385 g/mol. The van der Waals surface area contributed by atoms with Crippen LogP contribution < -0.4 is 10.6 Å². The lowest BCUT2D eigenvalue weighted by Gasteiger charge is -2.11. The summed E-state index contributed by atoms with van der Waals surface area (Å²) in [6.07, 6.45) is -1.73. The second-order valence-electron chi connectivity index (χ2n) is 4.88. The fourth-order valence-electron chi connectivity index (χ4n) is 1.86. The number of benzene rings is 2. The van der Waals surface area contributed by atoms with Crippen LogP contribution in [0.15, 0.2) is 54.6 Å². The first-order chi connectivity index (χ1) is 11.8. The van der Waals surface area contributed by atoms with Crippen molar-refractivity contribution in [2.75, 3.05) is 5.32 Å². The molecule has 2 aromatic rings. The first kappa shape index (κ1) is 19.0. The standard InChI is InChI=1S/C17H12ClF3N2OS/c18-14-7-2-1-4-11(14)8-9-15(24)23-16(25)22-13-6-3-5-12(10-13)17(19,20)21/h1-10H,(H2,22,23,24,25)/b9-8+. The zero-order valence-electron chi connectivity index (χ0n) is 12.6. The van der Waals surface area contributed by atoms with Gasteiger partial charge in [-0.15, -0.1) is 0 Å². The number of halogens is 4. The lowest BCUT2D eigenvalue weighted by molar-refractivity contribution is -0.137. The first-order valence-corrected chi connectivity index (χ1v) is 7.76. The summed E-state index contributed by atoms with van der Waals surface area (Å²) in [6, 6.07) is 11.4. The quantitative estimate of drug-likeness (QED) is 0.585. The largest absolute Gasteiger partial charge is 0.416 e. The number of thiocarbonyl (C=S) groups is 1. The summed E-state index contributed by atoms with van der Waals surface area (Å²) in [5.41, 5.74) is -0.0449.